The van der Waals surface area contributed by atoms with Gasteiger partial charge in [0.15, 0.2) is 0 Å². The number of ether oxygens (including phenoxy) is 1. The van der Waals surface area contributed by atoms with E-state index in [-0.39, 0.29) is 0 Å². The van der Waals surface area contributed by atoms with Gasteiger partial charge in [0.2, 0.25) is 0 Å². The summed E-state index contributed by atoms with van der Waals surface area (Å²) in [6, 6.07) is 4.28. The molecule has 0 radical (unpaired) electrons. The highest BCUT2D eigenvalue weighted by Crippen LogP contribution is 2.23. The van der Waals surface area contributed by atoms with Crippen molar-refractivity contribution in [2.45, 2.75) is 39.5 Å². The van der Waals surface area contributed by atoms with Crippen molar-refractivity contribution in [3.8, 4) is 5.75 Å². The number of methoxy groups -OCH3 is 1. The zero-order chi connectivity index (χ0) is 12.0. The van der Waals surface area contributed by atoms with Crippen molar-refractivity contribution in [1.82, 2.24) is 0 Å². The van der Waals surface area contributed by atoms with Crippen molar-refractivity contribution in [3.63, 3.8) is 0 Å². The summed E-state index contributed by atoms with van der Waals surface area (Å²) in [4.78, 5) is 10.2. The van der Waals surface area contributed by atoms with Crippen LogP contribution in [0.1, 0.15) is 36.0 Å². The molecular weight excluding hydrogens is 200 g/mol. The van der Waals surface area contributed by atoms with Crippen molar-refractivity contribution >= 4 is 6.29 Å². The van der Waals surface area contributed by atoms with E-state index in [2.05, 4.69) is 26.0 Å². The first kappa shape index (κ1) is 12.8. The van der Waals surface area contributed by atoms with E-state index in [9.17, 15) is 4.79 Å². The van der Waals surface area contributed by atoms with Gasteiger partial charge in [0.05, 0.1) is 7.11 Å². The summed E-state index contributed by atoms with van der Waals surface area (Å²) in [7, 11) is 1.70. The Balaban J connectivity index is 2.66. The smallest absolute Gasteiger partial charge is 0.122 e. The van der Waals surface area contributed by atoms with Gasteiger partial charge in [-0.05, 0) is 55.9 Å². The third-order valence-electron chi connectivity index (χ3n) is 2.87. The first-order valence-electron chi connectivity index (χ1n) is 5.76. The topological polar surface area (TPSA) is 26.3 Å². The molecule has 0 saturated heterocycles. The first-order valence-corrected chi connectivity index (χ1v) is 5.76. The molecule has 0 amide bonds. The van der Waals surface area contributed by atoms with Crippen molar-refractivity contribution < 1.29 is 9.53 Å². The van der Waals surface area contributed by atoms with Crippen LogP contribution in [0.2, 0.25) is 0 Å². The zero-order valence-electron chi connectivity index (χ0n) is 10.4. The Labute approximate surface area is 97.6 Å². The molecule has 0 N–H and O–H groups in total. The molecular formula is C14H20O2. The van der Waals surface area contributed by atoms with Gasteiger partial charge < -0.3 is 9.53 Å². The van der Waals surface area contributed by atoms with Crippen LogP contribution in [0.15, 0.2) is 12.1 Å². The van der Waals surface area contributed by atoms with Gasteiger partial charge in [0, 0.05) is 6.42 Å². The van der Waals surface area contributed by atoms with Gasteiger partial charge in [0.25, 0.3) is 0 Å². The van der Waals surface area contributed by atoms with Crippen molar-refractivity contribution in [3.05, 3.63) is 28.8 Å². The molecule has 0 saturated carbocycles. The second kappa shape index (κ2) is 6.31. The fourth-order valence-electron chi connectivity index (χ4n) is 1.88. The summed E-state index contributed by atoms with van der Waals surface area (Å²) in [6.07, 6.45) is 4.77. The molecule has 0 fully saturated rings. The number of hydrogen-bond donors (Lipinski definition) is 0. The molecule has 0 bridgehead atoms. The van der Waals surface area contributed by atoms with Crippen molar-refractivity contribution in [2.75, 3.05) is 7.11 Å². The molecule has 0 aromatic heterocycles. The van der Waals surface area contributed by atoms with E-state index in [1.165, 1.54) is 16.7 Å². The summed E-state index contributed by atoms with van der Waals surface area (Å²) >= 11 is 0. The molecule has 0 spiro atoms. The Hall–Kier alpha value is -1.31. The number of aldehydes is 1. The van der Waals surface area contributed by atoms with E-state index in [0.29, 0.717) is 6.42 Å². The SMILES string of the molecule is COc1cc(C)c(CCCCC=O)cc1C. The minimum atomic E-state index is 0.675. The molecule has 0 atom stereocenters. The van der Waals surface area contributed by atoms with Crippen LogP contribution in [0.25, 0.3) is 0 Å². The standard InChI is InChI=1S/C14H20O2/c1-11-10-14(16-3)12(2)9-13(11)7-5-4-6-8-15/h8-10H,4-7H2,1-3H3. The normalized spacial score (nSPS) is 10.2. The molecule has 0 unspecified atom stereocenters. The summed E-state index contributed by atoms with van der Waals surface area (Å²) in [5.41, 5.74) is 3.82. The van der Waals surface area contributed by atoms with Gasteiger partial charge >= 0.3 is 0 Å². The van der Waals surface area contributed by atoms with Crippen molar-refractivity contribution in [1.29, 1.82) is 0 Å². The summed E-state index contributed by atoms with van der Waals surface area (Å²) in [6.45, 7) is 4.17. The number of carbonyl (C=O) groups excluding carboxylic acids is 1. The summed E-state index contributed by atoms with van der Waals surface area (Å²) in [5, 5.41) is 0. The van der Waals surface area contributed by atoms with Crippen LogP contribution in [-0.2, 0) is 11.2 Å². The van der Waals surface area contributed by atoms with E-state index in [0.717, 1.165) is 31.3 Å². The molecule has 1 aromatic rings. The molecule has 0 aliphatic heterocycles. The Morgan fingerprint density at radius 3 is 2.56 bits per heavy atom. The third-order valence-corrected chi connectivity index (χ3v) is 2.87. The van der Waals surface area contributed by atoms with Crippen LogP contribution < -0.4 is 4.74 Å². The molecule has 16 heavy (non-hydrogen) atoms. The number of hydrogen-bond acceptors (Lipinski definition) is 2. The van der Waals surface area contributed by atoms with Crippen LogP contribution in [0, 0.1) is 13.8 Å². The van der Waals surface area contributed by atoms with Gasteiger partial charge in [-0.15, -0.1) is 0 Å². The van der Waals surface area contributed by atoms with Gasteiger partial charge in [-0.25, -0.2) is 0 Å². The van der Waals surface area contributed by atoms with Crippen molar-refractivity contribution in [2.24, 2.45) is 0 Å². The molecule has 2 heteroatoms. The first-order chi connectivity index (χ1) is 7.69. The average Bonchev–Trinajstić information content (AvgIpc) is 2.28. The minimum Gasteiger partial charge on any atom is -0.496 e. The predicted molar refractivity (Wildman–Crippen MR) is 66.1 cm³/mol. The highest BCUT2D eigenvalue weighted by atomic mass is 16.5. The van der Waals surface area contributed by atoms with Gasteiger partial charge in [-0.3, -0.25) is 0 Å². The second-order valence-electron chi connectivity index (χ2n) is 4.16. The quantitative estimate of drug-likeness (QED) is 0.543. The largest absolute Gasteiger partial charge is 0.496 e. The van der Waals surface area contributed by atoms with Gasteiger partial charge in [0.1, 0.15) is 12.0 Å². The van der Waals surface area contributed by atoms with Crippen LogP contribution in [0.5, 0.6) is 5.75 Å². The second-order valence-corrected chi connectivity index (χ2v) is 4.16. The Bertz CT molecular complexity index is 356. The van der Waals surface area contributed by atoms with E-state index in [1.54, 1.807) is 7.11 Å². The Kier molecular flexibility index (Phi) is 5.03. The zero-order valence-corrected chi connectivity index (χ0v) is 10.4. The monoisotopic (exact) mass is 220 g/mol. The lowest BCUT2D eigenvalue weighted by molar-refractivity contribution is -0.107. The van der Waals surface area contributed by atoms with Crippen LogP contribution in [0.3, 0.4) is 0 Å². The lowest BCUT2D eigenvalue weighted by atomic mass is 9.99. The molecule has 1 rings (SSSR count). The summed E-state index contributed by atoms with van der Waals surface area (Å²) < 4.78 is 5.28. The maximum Gasteiger partial charge on any atom is 0.122 e. The molecule has 0 aliphatic rings. The summed E-state index contributed by atoms with van der Waals surface area (Å²) in [5.74, 6) is 0.953. The number of unbranched alkanes of at least 4 members (excludes halogenated alkanes) is 2. The molecule has 0 heterocycles. The minimum absolute atomic E-state index is 0.675. The average molecular weight is 220 g/mol. The van der Waals surface area contributed by atoms with E-state index < -0.39 is 0 Å². The predicted octanol–water partition coefficient (Wildman–Crippen LogP) is 3.22. The lowest BCUT2D eigenvalue weighted by Gasteiger charge is -2.11. The van der Waals surface area contributed by atoms with Gasteiger partial charge in [-0.1, -0.05) is 6.07 Å². The molecule has 1 aromatic carbocycles. The Morgan fingerprint density at radius 1 is 1.19 bits per heavy atom. The molecule has 2 nitrogen and oxygen atoms in total. The third kappa shape index (κ3) is 3.37. The fraction of sp³-hybridized carbons (Fsp3) is 0.500. The maximum atomic E-state index is 10.2. The number of carbonyl (C=O) groups is 1. The van der Waals surface area contributed by atoms with E-state index >= 15 is 0 Å². The lowest BCUT2D eigenvalue weighted by Crippen LogP contribution is -1.95. The van der Waals surface area contributed by atoms with Crippen LogP contribution in [-0.4, -0.2) is 13.4 Å². The number of benzene rings is 1. The fourth-order valence-corrected chi connectivity index (χ4v) is 1.88. The van der Waals surface area contributed by atoms with E-state index in [4.69, 9.17) is 4.74 Å². The highest BCUT2D eigenvalue weighted by molar-refractivity contribution is 5.49. The Morgan fingerprint density at radius 2 is 1.94 bits per heavy atom. The van der Waals surface area contributed by atoms with E-state index in [1.807, 2.05) is 0 Å². The molecule has 0 aliphatic carbocycles. The maximum absolute atomic E-state index is 10.2. The molecule has 88 valence electrons. The van der Waals surface area contributed by atoms with Gasteiger partial charge in [-0.2, -0.15) is 0 Å². The number of rotatable bonds is 6. The highest BCUT2D eigenvalue weighted by Gasteiger charge is 2.04. The van der Waals surface area contributed by atoms with Crippen LogP contribution in [0.4, 0.5) is 0 Å². The van der Waals surface area contributed by atoms with Crippen LogP contribution >= 0.6 is 0 Å². The number of aryl methyl sites for hydroxylation is 3.